The van der Waals surface area contributed by atoms with Crippen LogP contribution in [0, 0.1) is 5.41 Å². The van der Waals surface area contributed by atoms with Crippen LogP contribution in [0.5, 0.6) is 0 Å². The van der Waals surface area contributed by atoms with E-state index in [2.05, 4.69) is 0 Å². The third kappa shape index (κ3) is 6.97. The van der Waals surface area contributed by atoms with Crippen molar-refractivity contribution in [1.82, 2.24) is 0 Å². The van der Waals surface area contributed by atoms with Crippen LogP contribution in [0.1, 0.15) is 53.4 Å². The van der Waals surface area contributed by atoms with Gasteiger partial charge < -0.3 is 9.47 Å². The van der Waals surface area contributed by atoms with E-state index in [1.807, 2.05) is 27.7 Å². The van der Waals surface area contributed by atoms with Gasteiger partial charge in [0.1, 0.15) is 0 Å². The van der Waals surface area contributed by atoms with Crippen LogP contribution in [0.25, 0.3) is 0 Å². The minimum atomic E-state index is -0.442. The van der Waals surface area contributed by atoms with Crippen molar-refractivity contribution in [2.24, 2.45) is 5.41 Å². The molecule has 0 spiro atoms. The van der Waals surface area contributed by atoms with Crippen molar-refractivity contribution in [3.63, 3.8) is 0 Å². The van der Waals surface area contributed by atoms with Gasteiger partial charge in [-0.25, -0.2) is 0 Å². The molecule has 0 fully saturated rings. The maximum atomic E-state index is 11.6. The number of esters is 2. The molecule has 0 saturated carbocycles. The van der Waals surface area contributed by atoms with Gasteiger partial charge in [-0.15, -0.1) is 0 Å². The lowest BCUT2D eigenvalue weighted by Gasteiger charge is -2.20. The molecule has 0 bridgehead atoms. The van der Waals surface area contributed by atoms with Gasteiger partial charge in [0.05, 0.1) is 18.6 Å². The number of hydrogen-bond acceptors (Lipinski definition) is 4. The summed E-state index contributed by atoms with van der Waals surface area (Å²) in [5.41, 5.74) is -0.442. The minimum absolute atomic E-state index is 0.207. The fourth-order valence-corrected chi connectivity index (χ4v) is 1.01. The molecule has 0 aromatic rings. The molecule has 4 nitrogen and oxygen atoms in total. The van der Waals surface area contributed by atoms with Gasteiger partial charge in [-0.1, -0.05) is 13.8 Å². The van der Waals surface area contributed by atoms with Crippen molar-refractivity contribution < 1.29 is 19.1 Å². The van der Waals surface area contributed by atoms with Crippen LogP contribution in [0.15, 0.2) is 0 Å². The summed E-state index contributed by atoms with van der Waals surface area (Å²) < 4.78 is 10.0. The van der Waals surface area contributed by atoms with E-state index in [1.54, 1.807) is 0 Å². The molecule has 0 aliphatic carbocycles. The van der Waals surface area contributed by atoms with Crippen LogP contribution in [-0.2, 0) is 19.1 Å². The summed E-state index contributed by atoms with van der Waals surface area (Å²) in [4.78, 5) is 22.7. The number of carbonyl (C=O) groups excluding carboxylic acids is 2. The van der Waals surface area contributed by atoms with Gasteiger partial charge in [0.2, 0.25) is 0 Å². The normalized spacial score (nSPS) is 11.1. The van der Waals surface area contributed by atoms with Crippen LogP contribution >= 0.6 is 0 Å². The molecule has 0 aromatic heterocycles. The Morgan fingerprint density at radius 2 is 1.71 bits per heavy atom. The zero-order valence-electron chi connectivity index (χ0n) is 11.4. The summed E-state index contributed by atoms with van der Waals surface area (Å²) in [5.74, 6) is -0.431. The van der Waals surface area contributed by atoms with E-state index in [-0.39, 0.29) is 18.5 Å². The Kier molecular flexibility index (Phi) is 7.59. The summed E-state index contributed by atoms with van der Waals surface area (Å²) in [6.45, 7) is 8.34. The molecule has 0 heterocycles. The monoisotopic (exact) mass is 244 g/mol. The van der Waals surface area contributed by atoms with Crippen LogP contribution < -0.4 is 0 Å². The minimum Gasteiger partial charge on any atom is -0.466 e. The van der Waals surface area contributed by atoms with E-state index in [1.165, 1.54) is 0 Å². The molecule has 100 valence electrons. The fraction of sp³-hybridized carbons (Fsp3) is 0.846. The first kappa shape index (κ1) is 15.9. The highest BCUT2D eigenvalue weighted by Gasteiger charge is 2.26. The molecule has 4 heteroatoms. The van der Waals surface area contributed by atoms with Gasteiger partial charge >= 0.3 is 11.9 Å². The average molecular weight is 244 g/mol. The fourth-order valence-electron chi connectivity index (χ4n) is 1.01. The second-order valence-electron chi connectivity index (χ2n) is 4.70. The van der Waals surface area contributed by atoms with E-state index >= 15 is 0 Å². The molecule has 0 atom stereocenters. The Morgan fingerprint density at radius 3 is 2.24 bits per heavy atom. The number of rotatable bonds is 8. The average Bonchev–Trinajstić information content (AvgIpc) is 2.31. The van der Waals surface area contributed by atoms with Crippen molar-refractivity contribution in [2.45, 2.75) is 53.4 Å². The molecule has 0 aliphatic rings. The summed E-state index contributed by atoms with van der Waals surface area (Å²) in [7, 11) is 0. The predicted octanol–water partition coefficient (Wildman–Crippen LogP) is 2.70. The SMILES string of the molecule is CCCOC(=O)CCCOC(=O)C(C)(C)CC. The number of hydrogen-bond donors (Lipinski definition) is 0. The standard InChI is InChI=1S/C13H24O4/c1-5-9-16-11(14)8-7-10-17-12(15)13(3,4)6-2/h5-10H2,1-4H3. The first-order chi connectivity index (χ1) is 7.94. The highest BCUT2D eigenvalue weighted by molar-refractivity contribution is 5.75. The molecule has 0 aromatic carbocycles. The maximum absolute atomic E-state index is 11.6. The van der Waals surface area contributed by atoms with Gasteiger partial charge in [-0.05, 0) is 33.1 Å². The lowest BCUT2D eigenvalue weighted by atomic mass is 9.91. The zero-order valence-corrected chi connectivity index (χ0v) is 11.4. The lowest BCUT2D eigenvalue weighted by molar-refractivity contribution is -0.155. The summed E-state index contributed by atoms with van der Waals surface area (Å²) >= 11 is 0. The summed E-state index contributed by atoms with van der Waals surface area (Å²) in [5, 5.41) is 0. The van der Waals surface area contributed by atoms with Crippen LogP contribution in [0.2, 0.25) is 0 Å². The van der Waals surface area contributed by atoms with Crippen molar-refractivity contribution in [2.75, 3.05) is 13.2 Å². The second kappa shape index (κ2) is 8.09. The van der Waals surface area contributed by atoms with E-state index in [9.17, 15) is 9.59 Å². The van der Waals surface area contributed by atoms with Gasteiger partial charge in [0.25, 0.3) is 0 Å². The first-order valence-electron chi connectivity index (χ1n) is 6.27. The van der Waals surface area contributed by atoms with Crippen LogP contribution in [-0.4, -0.2) is 25.2 Å². The Morgan fingerprint density at radius 1 is 1.06 bits per heavy atom. The Hall–Kier alpha value is -1.06. The molecule has 17 heavy (non-hydrogen) atoms. The zero-order chi connectivity index (χ0) is 13.3. The molecule has 0 radical (unpaired) electrons. The van der Waals surface area contributed by atoms with Gasteiger partial charge in [-0.3, -0.25) is 9.59 Å². The molecule has 0 N–H and O–H groups in total. The molecule has 0 saturated heterocycles. The van der Waals surface area contributed by atoms with E-state index in [4.69, 9.17) is 9.47 Å². The van der Waals surface area contributed by atoms with E-state index in [0.29, 0.717) is 19.4 Å². The number of carbonyl (C=O) groups is 2. The first-order valence-corrected chi connectivity index (χ1v) is 6.27. The van der Waals surface area contributed by atoms with Gasteiger partial charge in [0.15, 0.2) is 0 Å². The van der Waals surface area contributed by atoms with Crippen molar-refractivity contribution in [3.05, 3.63) is 0 Å². The summed E-state index contributed by atoms with van der Waals surface area (Å²) in [6, 6.07) is 0. The molecule has 0 amide bonds. The molecular formula is C13H24O4. The smallest absolute Gasteiger partial charge is 0.311 e. The third-order valence-electron chi connectivity index (χ3n) is 2.66. The van der Waals surface area contributed by atoms with Crippen molar-refractivity contribution >= 4 is 11.9 Å². The largest absolute Gasteiger partial charge is 0.466 e. The molecule has 0 rings (SSSR count). The molecule has 0 unspecified atom stereocenters. The quantitative estimate of drug-likeness (QED) is 0.486. The highest BCUT2D eigenvalue weighted by atomic mass is 16.5. The summed E-state index contributed by atoms with van der Waals surface area (Å²) in [6.07, 6.45) is 2.39. The lowest BCUT2D eigenvalue weighted by Crippen LogP contribution is -2.26. The maximum Gasteiger partial charge on any atom is 0.311 e. The Labute approximate surface area is 104 Å². The second-order valence-corrected chi connectivity index (χ2v) is 4.70. The molecular weight excluding hydrogens is 220 g/mol. The van der Waals surface area contributed by atoms with Crippen LogP contribution in [0.4, 0.5) is 0 Å². The number of ether oxygens (including phenoxy) is 2. The van der Waals surface area contributed by atoms with Gasteiger partial charge in [-0.2, -0.15) is 0 Å². The van der Waals surface area contributed by atoms with Gasteiger partial charge in [0, 0.05) is 6.42 Å². The van der Waals surface area contributed by atoms with E-state index in [0.717, 1.165) is 12.8 Å². The topological polar surface area (TPSA) is 52.6 Å². The van der Waals surface area contributed by atoms with Crippen molar-refractivity contribution in [3.8, 4) is 0 Å². The van der Waals surface area contributed by atoms with E-state index < -0.39 is 5.41 Å². The Bertz CT molecular complexity index is 246. The van der Waals surface area contributed by atoms with Crippen LogP contribution in [0.3, 0.4) is 0 Å². The molecule has 0 aliphatic heterocycles. The predicted molar refractivity (Wildman–Crippen MR) is 65.5 cm³/mol. The third-order valence-corrected chi connectivity index (χ3v) is 2.66. The highest BCUT2D eigenvalue weighted by Crippen LogP contribution is 2.21. The van der Waals surface area contributed by atoms with Crippen molar-refractivity contribution in [1.29, 1.82) is 0 Å². The Balaban J connectivity index is 3.65.